The zero-order valence-electron chi connectivity index (χ0n) is 10.4. The Kier molecular flexibility index (Phi) is 5.85. The highest BCUT2D eigenvalue weighted by molar-refractivity contribution is 4.92. The number of hydrogen-bond donors (Lipinski definition) is 2. The van der Waals surface area contributed by atoms with E-state index in [1.165, 1.54) is 0 Å². The smallest absolute Gasteiger partial charge is 0.0766 e. The third kappa shape index (κ3) is 5.76. The van der Waals surface area contributed by atoms with E-state index in [0.717, 1.165) is 25.8 Å². The van der Waals surface area contributed by atoms with Gasteiger partial charge in [0, 0.05) is 6.54 Å². The summed E-state index contributed by atoms with van der Waals surface area (Å²) in [7, 11) is 0. The van der Waals surface area contributed by atoms with Crippen LogP contribution in [0.3, 0.4) is 0 Å². The lowest BCUT2D eigenvalue weighted by Crippen LogP contribution is -2.40. The zero-order chi connectivity index (χ0) is 11.9. The van der Waals surface area contributed by atoms with Crippen LogP contribution in [0.25, 0.3) is 0 Å². The molecule has 0 bridgehead atoms. The molecule has 0 radical (unpaired) electrons. The van der Waals surface area contributed by atoms with E-state index in [0.29, 0.717) is 6.54 Å². The molecule has 0 aromatic rings. The highest BCUT2D eigenvalue weighted by Gasteiger charge is 2.22. The van der Waals surface area contributed by atoms with E-state index in [-0.39, 0.29) is 5.41 Å². The maximum absolute atomic E-state index is 9.99. The first-order valence-electron chi connectivity index (χ1n) is 5.73. The molecule has 0 aliphatic carbocycles. The minimum Gasteiger partial charge on any atom is -0.389 e. The standard InChI is InChI=1S/C12H24N2O/c1-5-12(15,6-2)10-14-8-7-11(3,4)9-13/h14-15H,5-8,10H2,1-4H3. The third-order valence-electron chi connectivity index (χ3n) is 3.00. The molecule has 0 aliphatic rings. The highest BCUT2D eigenvalue weighted by atomic mass is 16.3. The van der Waals surface area contributed by atoms with Crippen molar-refractivity contribution in [1.29, 1.82) is 5.26 Å². The van der Waals surface area contributed by atoms with Crippen molar-refractivity contribution < 1.29 is 5.11 Å². The molecule has 3 nitrogen and oxygen atoms in total. The van der Waals surface area contributed by atoms with Gasteiger partial charge in [-0.25, -0.2) is 0 Å². The lowest BCUT2D eigenvalue weighted by molar-refractivity contribution is 0.0323. The lowest BCUT2D eigenvalue weighted by atomic mass is 9.91. The molecule has 0 saturated carbocycles. The van der Waals surface area contributed by atoms with Gasteiger partial charge in [0.2, 0.25) is 0 Å². The van der Waals surface area contributed by atoms with Crippen LogP contribution in [-0.2, 0) is 0 Å². The van der Waals surface area contributed by atoms with E-state index in [1.807, 2.05) is 27.7 Å². The minimum atomic E-state index is -0.587. The van der Waals surface area contributed by atoms with Gasteiger partial charge in [0.15, 0.2) is 0 Å². The molecule has 0 aromatic carbocycles. The molecule has 2 N–H and O–H groups in total. The quantitative estimate of drug-likeness (QED) is 0.635. The Balaban J connectivity index is 3.77. The Morgan fingerprint density at radius 2 is 1.80 bits per heavy atom. The van der Waals surface area contributed by atoms with Gasteiger partial charge in [-0.3, -0.25) is 0 Å². The molecule has 0 atom stereocenters. The van der Waals surface area contributed by atoms with Crippen LogP contribution in [0.15, 0.2) is 0 Å². The summed E-state index contributed by atoms with van der Waals surface area (Å²) in [5.74, 6) is 0. The van der Waals surface area contributed by atoms with E-state index in [2.05, 4.69) is 11.4 Å². The summed E-state index contributed by atoms with van der Waals surface area (Å²) >= 11 is 0. The van der Waals surface area contributed by atoms with Gasteiger partial charge in [-0.1, -0.05) is 13.8 Å². The topological polar surface area (TPSA) is 56.0 Å². The van der Waals surface area contributed by atoms with Crippen LogP contribution in [0.4, 0.5) is 0 Å². The first-order valence-corrected chi connectivity index (χ1v) is 5.73. The summed E-state index contributed by atoms with van der Waals surface area (Å²) in [4.78, 5) is 0. The lowest BCUT2D eigenvalue weighted by Gasteiger charge is -2.26. The fourth-order valence-electron chi connectivity index (χ4n) is 1.28. The Morgan fingerprint density at radius 3 is 2.20 bits per heavy atom. The van der Waals surface area contributed by atoms with Gasteiger partial charge in [-0.05, 0) is 39.7 Å². The molecule has 0 saturated heterocycles. The second-order valence-corrected chi connectivity index (χ2v) is 4.85. The average Bonchev–Trinajstić information content (AvgIpc) is 2.24. The van der Waals surface area contributed by atoms with Crippen molar-refractivity contribution in [1.82, 2.24) is 5.32 Å². The summed E-state index contributed by atoms with van der Waals surface area (Å²) in [5.41, 5.74) is -0.861. The SMILES string of the molecule is CCC(O)(CC)CNCCC(C)(C)C#N. The Hall–Kier alpha value is -0.590. The van der Waals surface area contributed by atoms with E-state index >= 15 is 0 Å². The summed E-state index contributed by atoms with van der Waals surface area (Å²) in [5, 5.41) is 22.0. The molecule has 0 rings (SSSR count). The van der Waals surface area contributed by atoms with Crippen molar-refractivity contribution in [2.45, 2.75) is 52.6 Å². The molecule has 3 heteroatoms. The summed E-state index contributed by atoms with van der Waals surface area (Å²) in [6, 6.07) is 2.26. The van der Waals surface area contributed by atoms with Gasteiger partial charge in [0.1, 0.15) is 0 Å². The molecule has 15 heavy (non-hydrogen) atoms. The summed E-state index contributed by atoms with van der Waals surface area (Å²) in [6.07, 6.45) is 2.34. The van der Waals surface area contributed by atoms with Crippen LogP contribution in [0.5, 0.6) is 0 Å². The van der Waals surface area contributed by atoms with Gasteiger partial charge in [-0.15, -0.1) is 0 Å². The molecule has 0 unspecified atom stereocenters. The molecule has 0 spiro atoms. The number of nitrogens with one attached hydrogen (secondary N) is 1. The second kappa shape index (κ2) is 6.09. The molecule has 0 aromatic heterocycles. The number of nitrogens with zero attached hydrogens (tertiary/aromatic N) is 1. The van der Waals surface area contributed by atoms with Crippen LogP contribution in [-0.4, -0.2) is 23.8 Å². The normalized spacial score (nSPS) is 12.5. The first-order chi connectivity index (χ1) is 6.89. The zero-order valence-corrected chi connectivity index (χ0v) is 10.4. The van der Waals surface area contributed by atoms with Crippen LogP contribution in [0.2, 0.25) is 0 Å². The van der Waals surface area contributed by atoms with Crippen LogP contribution >= 0.6 is 0 Å². The maximum atomic E-state index is 9.99. The molecule has 0 fully saturated rings. The van der Waals surface area contributed by atoms with Crippen LogP contribution in [0.1, 0.15) is 47.0 Å². The van der Waals surface area contributed by atoms with Crippen molar-refractivity contribution in [3.63, 3.8) is 0 Å². The summed E-state index contributed by atoms with van der Waals surface area (Å²) < 4.78 is 0. The number of nitriles is 1. The Bertz CT molecular complexity index is 214. The molecule has 88 valence electrons. The fraction of sp³-hybridized carbons (Fsp3) is 0.917. The van der Waals surface area contributed by atoms with Crippen molar-refractivity contribution in [2.75, 3.05) is 13.1 Å². The van der Waals surface area contributed by atoms with Crippen LogP contribution in [0, 0.1) is 16.7 Å². The fourth-order valence-corrected chi connectivity index (χ4v) is 1.28. The molecule has 0 aliphatic heterocycles. The van der Waals surface area contributed by atoms with E-state index < -0.39 is 5.60 Å². The van der Waals surface area contributed by atoms with Crippen molar-refractivity contribution in [2.24, 2.45) is 5.41 Å². The highest BCUT2D eigenvalue weighted by Crippen LogP contribution is 2.18. The van der Waals surface area contributed by atoms with Gasteiger partial charge in [0.05, 0.1) is 17.1 Å². The van der Waals surface area contributed by atoms with E-state index in [9.17, 15) is 5.11 Å². The molecular weight excluding hydrogens is 188 g/mol. The van der Waals surface area contributed by atoms with Crippen LogP contribution < -0.4 is 5.32 Å². The van der Waals surface area contributed by atoms with Crippen molar-refractivity contribution >= 4 is 0 Å². The largest absolute Gasteiger partial charge is 0.389 e. The minimum absolute atomic E-state index is 0.274. The monoisotopic (exact) mass is 212 g/mol. The van der Waals surface area contributed by atoms with Gasteiger partial charge in [0.25, 0.3) is 0 Å². The third-order valence-corrected chi connectivity index (χ3v) is 3.00. The van der Waals surface area contributed by atoms with E-state index in [4.69, 9.17) is 5.26 Å². The first kappa shape index (κ1) is 14.4. The molecular formula is C12H24N2O. The predicted molar refractivity (Wildman–Crippen MR) is 62.4 cm³/mol. The average molecular weight is 212 g/mol. The van der Waals surface area contributed by atoms with Gasteiger partial charge in [-0.2, -0.15) is 5.26 Å². The Morgan fingerprint density at radius 1 is 1.27 bits per heavy atom. The number of hydrogen-bond acceptors (Lipinski definition) is 3. The molecule has 0 heterocycles. The number of aliphatic hydroxyl groups is 1. The Labute approximate surface area is 93.5 Å². The number of rotatable bonds is 7. The van der Waals surface area contributed by atoms with Crippen molar-refractivity contribution in [3.8, 4) is 6.07 Å². The maximum Gasteiger partial charge on any atom is 0.0766 e. The van der Waals surface area contributed by atoms with Crippen molar-refractivity contribution in [3.05, 3.63) is 0 Å². The van der Waals surface area contributed by atoms with Gasteiger partial charge < -0.3 is 10.4 Å². The van der Waals surface area contributed by atoms with Gasteiger partial charge >= 0.3 is 0 Å². The molecule has 0 amide bonds. The second-order valence-electron chi connectivity index (χ2n) is 4.85. The predicted octanol–water partition coefficient (Wildman–Crippen LogP) is 2.07. The summed E-state index contributed by atoms with van der Waals surface area (Å²) in [6.45, 7) is 9.24. The van der Waals surface area contributed by atoms with E-state index in [1.54, 1.807) is 0 Å².